The van der Waals surface area contributed by atoms with Crippen LogP contribution in [-0.2, 0) is 105 Å². The van der Waals surface area contributed by atoms with Crippen molar-refractivity contribution >= 4 is 102 Å². The number of nitrogens with zero attached hydrogens (tertiary/aromatic N) is 6. The molecule has 18 rings (SSSR count). The van der Waals surface area contributed by atoms with E-state index < -0.39 is 295 Å². The lowest BCUT2D eigenvalue weighted by Crippen LogP contribution is -2.28. The summed E-state index contributed by atoms with van der Waals surface area (Å²) in [5.41, 5.74) is 2.11. The molecule has 12 N–H and O–H groups in total. The molecule has 0 aliphatic carbocycles. The van der Waals surface area contributed by atoms with E-state index >= 15 is 0 Å². The number of H-pyrrole nitrogens is 6. The Labute approximate surface area is 812 Å². The third-order valence-electron chi connectivity index (χ3n) is 19.0. The van der Waals surface area contributed by atoms with Gasteiger partial charge in [0.25, 0.3) is 0 Å². The van der Waals surface area contributed by atoms with Crippen molar-refractivity contribution in [1.82, 2.24) is 91.2 Å². The number of ether oxygens (including phenoxy) is 6. The summed E-state index contributed by atoms with van der Waals surface area (Å²) in [5, 5.41) is 10.0. The molecule has 12 heterocycles. The molecule has 0 bridgehead atoms. The van der Waals surface area contributed by atoms with Gasteiger partial charge in [0.2, 0.25) is 0 Å². The van der Waals surface area contributed by atoms with Gasteiger partial charge in [-0.25, -0.2) is 28.8 Å². The number of aryl methyl sites for hydroxylation is 3. The number of carbonyl (C=O) groups excluding carboxylic acids is 6. The second-order valence-electron chi connectivity index (χ2n) is 29.4. The van der Waals surface area contributed by atoms with Crippen LogP contribution in [0.5, 0.6) is 0 Å². The normalized spacial score (nSPS) is 26.3. The van der Waals surface area contributed by atoms with Crippen LogP contribution in [0.1, 0.15) is 133 Å². The first-order valence-corrected chi connectivity index (χ1v) is 39.1. The Balaban J connectivity index is 0.000000177. The van der Waals surface area contributed by atoms with Gasteiger partial charge in [-0.1, -0.05) is 36.3 Å². The van der Waals surface area contributed by atoms with E-state index in [9.17, 15) is 28.8 Å². The molecule has 672 valence electrons. The summed E-state index contributed by atoms with van der Waals surface area (Å²) < 4.78 is 462. The molecular weight excluding hydrogens is 1600 g/mol. The lowest BCUT2D eigenvalue weighted by Gasteiger charge is -2.09. The van der Waals surface area contributed by atoms with Gasteiger partial charge in [0.05, 0.1) is 52.7 Å². The Morgan fingerprint density at radius 3 is 0.952 bits per heavy atom. The van der Waals surface area contributed by atoms with Crippen LogP contribution >= 0.6 is 0 Å². The number of likely N-dealkylation sites (N-methyl/N-ethyl adjacent to an activating group) is 6. The molecule has 12 aromatic rings. The van der Waals surface area contributed by atoms with Crippen molar-refractivity contribution in [3.05, 3.63) is 213 Å². The summed E-state index contributed by atoms with van der Waals surface area (Å²) in [6.07, 6.45) is -16.4. The Bertz CT molecular complexity index is 8340. The number of benzene rings is 6. The largest absolute Gasteiger partial charge is 0.447 e. The molecule has 0 saturated carbocycles. The minimum atomic E-state index is -3.87. The molecule has 6 saturated heterocycles. The molecule has 30 nitrogen and oxygen atoms in total. The predicted octanol–water partition coefficient (Wildman–Crippen LogP) is 11.5. The number of nitrogens with one attached hydrogen (secondary N) is 12. The third-order valence-corrected chi connectivity index (χ3v) is 19.0. The minimum Gasteiger partial charge on any atom is -0.447 e. The van der Waals surface area contributed by atoms with Crippen LogP contribution in [-0.4, -0.2) is 295 Å². The Morgan fingerprint density at radius 1 is 0.341 bits per heavy atom. The third kappa shape index (κ3) is 26.5. The molecule has 0 unspecified atom stereocenters. The number of hydrogen-bond acceptors (Lipinski definition) is 18. The number of rotatable bonds is 30. The molecule has 30 heteroatoms. The van der Waals surface area contributed by atoms with E-state index in [0.29, 0.717) is 76.9 Å². The first-order valence-electron chi connectivity index (χ1n) is 65.8. The number of amides is 6. The molecule has 6 aromatic carbocycles. The van der Waals surface area contributed by atoms with E-state index in [2.05, 4.69) is 35.8 Å². The first-order chi connectivity index (χ1) is 82.4. The fraction of sp³-hybridized carbons (Fsp3) is 0.438. The number of hydrogen-bond donors (Lipinski definition) is 12. The van der Waals surface area contributed by atoms with Crippen LogP contribution in [0.15, 0.2) is 146 Å². The SMILES string of the molecule is [2H]C([2H])(c1ccc2[nH]cc(CCN(C([2H])([2H])[2H])C([2H])([2H])[2H])c2c1)[C@H]1COC(=O)N1.[2H]C([2H])(c1ccc2[nH]cc(CCN(C)C([2H])([2H])[2H])c2c1)[C@H]1COC(=O)N1.[2H]C([2H])(c1ccc2[nH]cc(CCN(C)C)c2c1)[C@H]1COC(=O)N1.[2H]c1c(C[C@H]2COC(=O)N2[2H])c([2H])c2c(C([2H])([2H])C([2H])([2H])N(C([2H])([2H])[2H])C([2H])([2H])[2H])c([2H])n([2H])c2c1[2H].[2H]c1c(C[C@H]2COC(=O)N2[2H])c([2H])c2c(C([2H])([2H])C([2H])([2H])N(C)C([2H])([2H])[2H])c([2H])n([2H])c2c1[2H].[2H]c1c(C[C@H]2COC(=O)N2[2H])c([2H])c2c(C([2H])([2H])C([2H])([2H])N(C)C)c([2H])n([2H])c2c1[2H]. The van der Waals surface area contributed by atoms with E-state index in [1.807, 2.05) is 38.6 Å². The summed E-state index contributed by atoms with van der Waals surface area (Å²) in [6, 6.07) is 5.36. The first kappa shape index (κ1) is 44.9. The van der Waals surface area contributed by atoms with Crippen molar-refractivity contribution in [2.45, 2.75) is 113 Å². The Hall–Kier alpha value is -12.1. The molecule has 6 atom stereocenters. The standard InChI is InChI=1S/6C16H21N3O2/c6*1-19(2)6-5-12-9-17-15-4-3-11(8-14(12)15)7-13-10-21-16(20)18-13/h6*3-4,8-9,13,17H,5-7,10H2,1-2H3,(H,18,20)/t6*13-/m000000/s1/i1D3,2D3,3D,4D,5D2,6D2,8D,9D;1D3,3D,4D,5D2,6D2,8D,9D;3D,4D,5D2,6D2,8D,9D;1D3,2D3,7D2;1D3,7D2;7D2/hD6. The number of alkyl carbamates (subject to hydrolysis) is 6. The van der Waals surface area contributed by atoms with Crippen molar-refractivity contribution in [2.24, 2.45) is 0 Å². The van der Waals surface area contributed by atoms with Crippen molar-refractivity contribution < 1.29 is 131 Å². The van der Waals surface area contributed by atoms with E-state index in [4.69, 9.17) is 103 Å². The van der Waals surface area contributed by atoms with Gasteiger partial charge in [0.15, 0.2) is 8.47 Å². The van der Waals surface area contributed by atoms with Crippen LogP contribution in [0.4, 0.5) is 28.8 Å². The van der Waals surface area contributed by atoms with E-state index in [1.165, 1.54) is 19.0 Å². The van der Waals surface area contributed by atoms with Crippen molar-refractivity contribution in [3.63, 3.8) is 0 Å². The van der Waals surface area contributed by atoms with Gasteiger partial charge >= 0.3 is 36.6 Å². The lowest BCUT2D eigenvalue weighted by atomic mass is 10.0. The van der Waals surface area contributed by atoms with Crippen LogP contribution in [0.2, 0.25) is 8.47 Å². The number of cyclic esters (lactones) is 6. The molecule has 6 aliphatic rings. The van der Waals surface area contributed by atoms with Crippen LogP contribution in [0.25, 0.3) is 65.4 Å². The van der Waals surface area contributed by atoms with Crippen LogP contribution in [0.3, 0.4) is 0 Å². The highest BCUT2D eigenvalue weighted by Crippen LogP contribution is 2.29. The number of aromatic amines is 6. The summed E-state index contributed by atoms with van der Waals surface area (Å²) in [6.45, 7) is -27.5. The average Bonchev–Trinajstić information content (AvgIpc) is 1.54. The highest BCUT2D eigenvalue weighted by molar-refractivity contribution is 5.88. The molecular formula is C96H126N18O12. The Morgan fingerprint density at radius 2 is 0.651 bits per heavy atom. The van der Waals surface area contributed by atoms with Gasteiger partial charge in [-0.2, -0.15) is 0 Å². The van der Waals surface area contributed by atoms with Crippen molar-refractivity contribution in [2.75, 3.05) is 163 Å². The molecule has 126 heavy (non-hydrogen) atoms. The van der Waals surface area contributed by atoms with Crippen LogP contribution in [0, 0.1) is 0 Å². The van der Waals surface area contributed by atoms with E-state index in [0.717, 1.165) is 57.8 Å². The number of aromatic nitrogens is 6. The smallest absolute Gasteiger partial charge is 0.407 e. The van der Waals surface area contributed by atoms with Crippen LogP contribution < -0.4 is 31.9 Å². The monoisotopic (exact) mass is 1780 g/mol. The molecule has 0 radical (unpaired) electrons. The van der Waals surface area contributed by atoms with Crippen molar-refractivity contribution in [1.29, 1.82) is 0 Å². The highest BCUT2D eigenvalue weighted by atomic mass is 16.6. The van der Waals surface area contributed by atoms with Gasteiger partial charge in [0, 0.05) is 191 Å². The topological polar surface area (TPSA) is 344 Å². The van der Waals surface area contributed by atoms with Gasteiger partial charge in [0.1, 0.15) is 39.6 Å². The fourth-order valence-electron chi connectivity index (χ4n) is 13.1. The van der Waals surface area contributed by atoms with E-state index in [-0.39, 0.29) is 103 Å². The number of carbonyl (C=O) groups is 6. The zero-order valence-corrected chi connectivity index (χ0v) is 68.8. The average molecular weight is 1780 g/mol. The molecule has 6 fully saturated rings. The zero-order chi connectivity index (χ0) is 136. The van der Waals surface area contributed by atoms with Gasteiger partial charge in [-0.15, -0.1) is 0 Å². The minimum absolute atomic E-state index is 0.0206. The second-order valence-corrected chi connectivity index (χ2v) is 29.4. The fourth-order valence-corrected chi connectivity index (χ4v) is 13.1. The predicted molar refractivity (Wildman–Crippen MR) is 495 cm³/mol. The highest BCUT2D eigenvalue weighted by Gasteiger charge is 2.29. The molecule has 6 amide bonds. The molecule has 6 aromatic heterocycles. The van der Waals surface area contributed by atoms with Gasteiger partial charge in [-0.3, -0.25) is 0 Å². The van der Waals surface area contributed by atoms with Crippen molar-refractivity contribution in [3.8, 4) is 0 Å². The zero-order valence-electron chi connectivity index (χ0n) is 123. The summed E-state index contributed by atoms with van der Waals surface area (Å²) in [5.74, 6) is 0. The van der Waals surface area contributed by atoms with E-state index in [1.54, 1.807) is 55.7 Å². The maximum Gasteiger partial charge on any atom is 0.407 e. The maximum absolute atomic E-state index is 11.5. The summed E-state index contributed by atoms with van der Waals surface area (Å²) in [4.78, 5) is 82.9. The molecule has 6 aliphatic heterocycles. The van der Waals surface area contributed by atoms with Gasteiger partial charge < -0.3 is 120 Å². The molecule has 0 spiro atoms. The summed E-state index contributed by atoms with van der Waals surface area (Å²) in [7, 11) is 9.06. The summed E-state index contributed by atoms with van der Waals surface area (Å²) >= 11 is 0. The number of fused-ring (bicyclic) bond motifs is 6. The quantitative estimate of drug-likeness (QED) is 0.0186. The Kier molecular flexibility index (Phi) is 15.6. The van der Waals surface area contributed by atoms with Gasteiger partial charge in [-0.05, 0) is 300 Å². The second kappa shape index (κ2) is 43.7. The lowest BCUT2D eigenvalue weighted by molar-refractivity contribution is 0.176. The maximum atomic E-state index is 11.5.